The lowest BCUT2D eigenvalue weighted by atomic mass is 10.2. The standard InChI is InChI=1S/C13H20F2N2O2S2/c1-4-16-9-10-7-11(14)13(15)12(8-10)21(18,19)17(2)5-6-20-3/h7-8,16H,4-6,9H2,1-3H3. The second kappa shape index (κ2) is 8.07. The number of benzene rings is 1. The molecule has 0 unspecified atom stereocenters. The van der Waals surface area contributed by atoms with Gasteiger partial charge < -0.3 is 5.32 Å². The van der Waals surface area contributed by atoms with E-state index in [0.717, 1.165) is 10.4 Å². The Morgan fingerprint density at radius 2 is 2.00 bits per heavy atom. The number of hydrogen-bond acceptors (Lipinski definition) is 4. The molecule has 1 aromatic rings. The Labute approximate surface area is 129 Å². The summed E-state index contributed by atoms with van der Waals surface area (Å²) in [6.45, 7) is 3.04. The molecule has 0 spiro atoms. The lowest BCUT2D eigenvalue weighted by molar-refractivity contribution is 0.458. The molecule has 1 N–H and O–H groups in total. The molecule has 0 radical (unpaired) electrons. The van der Waals surface area contributed by atoms with Gasteiger partial charge in [-0.2, -0.15) is 11.8 Å². The SMILES string of the molecule is CCNCc1cc(F)c(F)c(S(=O)(=O)N(C)CCSC)c1. The van der Waals surface area contributed by atoms with E-state index in [4.69, 9.17) is 0 Å². The van der Waals surface area contributed by atoms with Crippen LogP contribution in [0.1, 0.15) is 12.5 Å². The van der Waals surface area contributed by atoms with Crippen LogP contribution in [0.25, 0.3) is 0 Å². The third-order valence-electron chi connectivity index (χ3n) is 2.93. The molecule has 21 heavy (non-hydrogen) atoms. The molecule has 0 amide bonds. The van der Waals surface area contributed by atoms with Gasteiger partial charge in [-0.15, -0.1) is 0 Å². The third kappa shape index (κ3) is 4.64. The average molecular weight is 338 g/mol. The lowest BCUT2D eigenvalue weighted by Crippen LogP contribution is -2.30. The van der Waals surface area contributed by atoms with Crippen LogP contribution in [0, 0.1) is 11.6 Å². The number of sulfonamides is 1. The maximum Gasteiger partial charge on any atom is 0.245 e. The van der Waals surface area contributed by atoms with Gasteiger partial charge in [0.15, 0.2) is 11.6 Å². The van der Waals surface area contributed by atoms with Gasteiger partial charge >= 0.3 is 0 Å². The molecule has 4 nitrogen and oxygen atoms in total. The van der Waals surface area contributed by atoms with Gasteiger partial charge in [0.25, 0.3) is 0 Å². The zero-order chi connectivity index (χ0) is 16.0. The van der Waals surface area contributed by atoms with Gasteiger partial charge in [-0.3, -0.25) is 0 Å². The lowest BCUT2D eigenvalue weighted by Gasteiger charge is -2.18. The molecule has 0 saturated heterocycles. The minimum atomic E-state index is -4.03. The molecular formula is C13H20F2N2O2S2. The van der Waals surface area contributed by atoms with E-state index in [1.165, 1.54) is 24.9 Å². The van der Waals surface area contributed by atoms with Crippen LogP contribution in [0.15, 0.2) is 17.0 Å². The fraction of sp³-hybridized carbons (Fsp3) is 0.538. The number of thioether (sulfide) groups is 1. The van der Waals surface area contributed by atoms with Crippen molar-refractivity contribution in [2.45, 2.75) is 18.4 Å². The normalized spacial score (nSPS) is 12.1. The topological polar surface area (TPSA) is 49.4 Å². The highest BCUT2D eigenvalue weighted by molar-refractivity contribution is 7.98. The Balaban J connectivity index is 3.18. The van der Waals surface area contributed by atoms with Crippen molar-refractivity contribution in [3.63, 3.8) is 0 Å². The molecule has 0 saturated carbocycles. The predicted molar refractivity (Wildman–Crippen MR) is 81.9 cm³/mol. The van der Waals surface area contributed by atoms with E-state index >= 15 is 0 Å². The smallest absolute Gasteiger partial charge is 0.245 e. The Morgan fingerprint density at radius 3 is 2.57 bits per heavy atom. The summed E-state index contributed by atoms with van der Waals surface area (Å²) >= 11 is 1.48. The van der Waals surface area contributed by atoms with Crippen molar-refractivity contribution in [1.29, 1.82) is 0 Å². The highest BCUT2D eigenvalue weighted by Crippen LogP contribution is 2.23. The number of nitrogens with zero attached hydrogens (tertiary/aromatic N) is 1. The minimum absolute atomic E-state index is 0.238. The van der Waals surface area contributed by atoms with Crippen LogP contribution in [0.2, 0.25) is 0 Å². The Bertz CT molecular complexity index is 580. The van der Waals surface area contributed by atoms with Crippen LogP contribution in [0.3, 0.4) is 0 Å². The number of rotatable bonds is 8. The van der Waals surface area contributed by atoms with E-state index in [1.54, 1.807) is 0 Å². The van der Waals surface area contributed by atoms with E-state index in [9.17, 15) is 17.2 Å². The summed E-state index contributed by atoms with van der Waals surface area (Å²) in [5.74, 6) is -1.90. The molecule has 0 atom stereocenters. The average Bonchev–Trinajstić information content (AvgIpc) is 2.45. The van der Waals surface area contributed by atoms with Crippen LogP contribution < -0.4 is 5.32 Å². The van der Waals surface area contributed by atoms with E-state index in [-0.39, 0.29) is 13.1 Å². The van der Waals surface area contributed by atoms with Gasteiger partial charge in [-0.25, -0.2) is 21.5 Å². The van der Waals surface area contributed by atoms with Crippen LogP contribution in [-0.2, 0) is 16.6 Å². The molecule has 0 fully saturated rings. The van der Waals surface area contributed by atoms with Crippen LogP contribution >= 0.6 is 11.8 Å². The molecule has 120 valence electrons. The van der Waals surface area contributed by atoms with Gasteiger partial charge in [-0.05, 0) is 30.5 Å². The fourth-order valence-corrected chi connectivity index (χ4v) is 3.55. The van der Waals surface area contributed by atoms with Crippen molar-refractivity contribution in [2.24, 2.45) is 0 Å². The molecule has 0 aliphatic heterocycles. The molecule has 0 bridgehead atoms. The number of hydrogen-bond donors (Lipinski definition) is 1. The molecule has 0 aromatic heterocycles. The molecule has 0 aliphatic carbocycles. The van der Waals surface area contributed by atoms with Crippen molar-refractivity contribution in [3.05, 3.63) is 29.3 Å². The van der Waals surface area contributed by atoms with Crippen molar-refractivity contribution in [3.8, 4) is 0 Å². The summed E-state index contributed by atoms with van der Waals surface area (Å²) in [5.41, 5.74) is 0.396. The van der Waals surface area contributed by atoms with Gasteiger partial charge in [0.2, 0.25) is 10.0 Å². The van der Waals surface area contributed by atoms with Gasteiger partial charge in [0, 0.05) is 25.9 Å². The Hall–Kier alpha value is -0.700. The summed E-state index contributed by atoms with van der Waals surface area (Å²) in [6.07, 6.45) is 1.84. The summed E-state index contributed by atoms with van der Waals surface area (Å²) in [4.78, 5) is -0.612. The summed E-state index contributed by atoms with van der Waals surface area (Å²) in [5, 5.41) is 2.95. The Morgan fingerprint density at radius 1 is 1.33 bits per heavy atom. The van der Waals surface area contributed by atoms with Crippen molar-refractivity contribution in [1.82, 2.24) is 9.62 Å². The van der Waals surface area contributed by atoms with Crippen molar-refractivity contribution < 1.29 is 17.2 Å². The Kier molecular flexibility index (Phi) is 7.05. The minimum Gasteiger partial charge on any atom is -0.313 e. The maximum absolute atomic E-state index is 13.9. The van der Waals surface area contributed by atoms with E-state index in [1.807, 2.05) is 13.2 Å². The highest BCUT2D eigenvalue weighted by Gasteiger charge is 2.26. The van der Waals surface area contributed by atoms with E-state index in [2.05, 4.69) is 5.32 Å². The van der Waals surface area contributed by atoms with E-state index in [0.29, 0.717) is 17.9 Å². The van der Waals surface area contributed by atoms with Crippen LogP contribution in [0.4, 0.5) is 8.78 Å². The summed E-state index contributed by atoms with van der Waals surface area (Å²) in [6, 6.07) is 2.20. The summed E-state index contributed by atoms with van der Waals surface area (Å²) < 4.78 is 53.2. The summed E-state index contributed by atoms with van der Waals surface area (Å²) in [7, 11) is -2.67. The molecule has 0 aliphatic rings. The van der Waals surface area contributed by atoms with Gasteiger partial charge in [0.1, 0.15) is 4.90 Å². The molecule has 1 rings (SSSR count). The van der Waals surface area contributed by atoms with Crippen molar-refractivity contribution >= 4 is 21.8 Å². The molecule has 1 aromatic carbocycles. The zero-order valence-corrected chi connectivity index (χ0v) is 14.0. The second-order valence-electron chi connectivity index (χ2n) is 4.49. The van der Waals surface area contributed by atoms with E-state index < -0.39 is 26.6 Å². The fourth-order valence-electron chi connectivity index (χ4n) is 1.68. The highest BCUT2D eigenvalue weighted by atomic mass is 32.2. The monoisotopic (exact) mass is 338 g/mol. The number of halogens is 2. The van der Waals surface area contributed by atoms with Gasteiger partial charge in [0.05, 0.1) is 0 Å². The van der Waals surface area contributed by atoms with Crippen LogP contribution in [-0.4, -0.2) is 44.9 Å². The molecular weight excluding hydrogens is 318 g/mol. The first-order valence-electron chi connectivity index (χ1n) is 6.48. The second-order valence-corrected chi connectivity index (χ2v) is 7.49. The maximum atomic E-state index is 13.9. The largest absolute Gasteiger partial charge is 0.313 e. The first kappa shape index (κ1) is 18.3. The first-order chi connectivity index (χ1) is 9.84. The van der Waals surface area contributed by atoms with Crippen molar-refractivity contribution in [2.75, 3.05) is 32.1 Å². The van der Waals surface area contributed by atoms with Crippen LogP contribution in [0.5, 0.6) is 0 Å². The van der Waals surface area contributed by atoms with Gasteiger partial charge in [-0.1, -0.05) is 6.92 Å². The zero-order valence-electron chi connectivity index (χ0n) is 12.3. The number of nitrogens with one attached hydrogen (secondary N) is 1. The molecule has 8 heteroatoms. The first-order valence-corrected chi connectivity index (χ1v) is 9.31. The molecule has 0 heterocycles. The predicted octanol–water partition coefficient (Wildman–Crippen LogP) is 2.06. The third-order valence-corrected chi connectivity index (χ3v) is 5.38. The quantitative estimate of drug-likeness (QED) is 0.788.